The van der Waals surface area contributed by atoms with Crippen molar-refractivity contribution < 1.29 is 9.53 Å². The first-order valence-electron chi connectivity index (χ1n) is 6.66. The lowest BCUT2D eigenvalue weighted by Gasteiger charge is -2.38. The van der Waals surface area contributed by atoms with E-state index in [0.717, 1.165) is 25.9 Å². The molecule has 1 aliphatic rings. The highest BCUT2D eigenvalue weighted by Crippen LogP contribution is 2.32. The van der Waals surface area contributed by atoms with E-state index in [1.165, 1.54) is 0 Å². The van der Waals surface area contributed by atoms with Crippen LogP contribution in [0.25, 0.3) is 0 Å². The van der Waals surface area contributed by atoms with Crippen LogP contribution < -0.4 is 10.5 Å². The van der Waals surface area contributed by atoms with Gasteiger partial charge in [-0.2, -0.15) is 0 Å². The zero-order valence-electron chi connectivity index (χ0n) is 11.9. The van der Waals surface area contributed by atoms with E-state index in [1.54, 1.807) is 25.3 Å². The fourth-order valence-electron chi connectivity index (χ4n) is 2.70. The van der Waals surface area contributed by atoms with Crippen molar-refractivity contribution >= 4 is 11.6 Å². The van der Waals surface area contributed by atoms with Gasteiger partial charge in [-0.15, -0.1) is 0 Å². The van der Waals surface area contributed by atoms with Gasteiger partial charge in [-0.1, -0.05) is 19.9 Å². The van der Waals surface area contributed by atoms with Crippen molar-refractivity contribution in [2.45, 2.75) is 26.7 Å². The maximum Gasteiger partial charge on any atom is 0.259 e. The molecular weight excluding hydrogens is 240 g/mol. The summed E-state index contributed by atoms with van der Waals surface area (Å²) in [6.07, 6.45) is 2.19. The number of carbonyl (C=O) groups excluding carboxylic acids is 1. The van der Waals surface area contributed by atoms with Crippen molar-refractivity contribution in [1.82, 2.24) is 4.90 Å². The number of carbonyl (C=O) groups is 1. The Morgan fingerprint density at radius 2 is 2.16 bits per heavy atom. The van der Waals surface area contributed by atoms with Crippen LogP contribution in [0.4, 0.5) is 5.69 Å². The SMILES string of the molecule is COc1cccc(N)c1C(=O)N1CCCC(C)(C)C1. The highest BCUT2D eigenvalue weighted by atomic mass is 16.5. The number of nitrogens with two attached hydrogens (primary N) is 1. The topological polar surface area (TPSA) is 55.6 Å². The molecule has 1 aromatic carbocycles. The normalized spacial score (nSPS) is 18.2. The highest BCUT2D eigenvalue weighted by Gasteiger charge is 2.31. The van der Waals surface area contributed by atoms with Crippen LogP contribution in [0.1, 0.15) is 37.0 Å². The second-order valence-corrected chi connectivity index (χ2v) is 5.92. The van der Waals surface area contributed by atoms with Crippen LogP contribution in [0.5, 0.6) is 5.75 Å². The third kappa shape index (κ3) is 2.83. The molecule has 0 aliphatic carbocycles. The van der Waals surface area contributed by atoms with Crippen LogP contribution >= 0.6 is 0 Å². The molecule has 0 spiro atoms. The van der Waals surface area contributed by atoms with E-state index in [9.17, 15) is 4.79 Å². The lowest BCUT2D eigenvalue weighted by molar-refractivity contribution is 0.0581. The number of benzene rings is 1. The van der Waals surface area contributed by atoms with E-state index in [2.05, 4.69) is 13.8 Å². The summed E-state index contributed by atoms with van der Waals surface area (Å²) in [5, 5.41) is 0. The standard InChI is InChI=1S/C15H22N2O2/c1-15(2)8-5-9-17(10-15)14(18)13-11(16)6-4-7-12(13)19-3/h4,6-7H,5,8-10,16H2,1-3H3. The molecule has 1 amide bonds. The Balaban J connectivity index is 2.29. The second-order valence-electron chi connectivity index (χ2n) is 5.92. The largest absolute Gasteiger partial charge is 0.496 e. The van der Waals surface area contributed by atoms with Crippen molar-refractivity contribution in [3.05, 3.63) is 23.8 Å². The van der Waals surface area contributed by atoms with Gasteiger partial charge in [0.05, 0.1) is 7.11 Å². The average molecular weight is 262 g/mol. The number of hydrogen-bond acceptors (Lipinski definition) is 3. The summed E-state index contributed by atoms with van der Waals surface area (Å²) >= 11 is 0. The summed E-state index contributed by atoms with van der Waals surface area (Å²) in [7, 11) is 1.56. The molecule has 0 atom stereocenters. The Labute approximate surface area is 114 Å². The Kier molecular flexibility index (Phi) is 3.69. The number of ether oxygens (including phenoxy) is 1. The number of hydrogen-bond donors (Lipinski definition) is 1. The van der Waals surface area contributed by atoms with Gasteiger partial charge in [0.1, 0.15) is 11.3 Å². The molecule has 1 saturated heterocycles. The van der Waals surface area contributed by atoms with Crippen molar-refractivity contribution in [3.63, 3.8) is 0 Å². The van der Waals surface area contributed by atoms with Crippen LogP contribution in [0.3, 0.4) is 0 Å². The van der Waals surface area contributed by atoms with Gasteiger partial charge in [-0.05, 0) is 30.4 Å². The zero-order valence-corrected chi connectivity index (χ0v) is 11.9. The number of piperidine rings is 1. The van der Waals surface area contributed by atoms with Crippen molar-refractivity contribution in [1.29, 1.82) is 0 Å². The molecule has 0 unspecified atom stereocenters. The summed E-state index contributed by atoms with van der Waals surface area (Å²) in [5.74, 6) is 0.524. The molecule has 0 aromatic heterocycles. The summed E-state index contributed by atoms with van der Waals surface area (Å²) in [4.78, 5) is 14.5. The van der Waals surface area contributed by atoms with Gasteiger partial charge in [0, 0.05) is 18.8 Å². The number of amides is 1. The van der Waals surface area contributed by atoms with Crippen molar-refractivity contribution in [2.75, 3.05) is 25.9 Å². The molecular formula is C15H22N2O2. The first-order chi connectivity index (χ1) is 8.94. The molecule has 104 valence electrons. The van der Waals surface area contributed by atoms with Gasteiger partial charge < -0.3 is 15.4 Å². The molecule has 2 rings (SSSR count). The van der Waals surface area contributed by atoms with Crippen LogP contribution in [0.15, 0.2) is 18.2 Å². The summed E-state index contributed by atoms with van der Waals surface area (Å²) in [6, 6.07) is 5.31. The van der Waals surface area contributed by atoms with E-state index in [-0.39, 0.29) is 11.3 Å². The number of nitrogen functional groups attached to an aromatic ring is 1. The van der Waals surface area contributed by atoms with Gasteiger partial charge in [-0.25, -0.2) is 0 Å². The summed E-state index contributed by atoms with van der Waals surface area (Å²) < 4.78 is 5.26. The molecule has 4 heteroatoms. The van der Waals surface area contributed by atoms with Crippen LogP contribution in [-0.2, 0) is 0 Å². The zero-order chi connectivity index (χ0) is 14.0. The molecule has 2 N–H and O–H groups in total. The third-order valence-corrected chi connectivity index (χ3v) is 3.68. The lowest BCUT2D eigenvalue weighted by Crippen LogP contribution is -2.43. The summed E-state index contributed by atoms with van der Waals surface area (Å²) in [5.41, 5.74) is 7.08. The average Bonchev–Trinajstić information content (AvgIpc) is 2.36. The molecule has 19 heavy (non-hydrogen) atoms. The van der Waals surface area contributed by atoms with E-state index in [0.29, 0.717) is 17.0 Å². The Hall–Kier alpha value is -1.71. The Bertz CT molecular complexity index is 483. The number of methoxy groups -OCH3 is 1. The van der Waals surface area contributed by atoms with Gasteiger partial charge in [0.15, 0.2) is 0 Å². The third-order valence-electron chi connectivity index (χ3n) is 3.68. The molecule has 0 radical (unpaired) electrons. The minimum atomic E-state index is -0.0253. The molecule has 0 saturated carbocycles. The maximum atomic E-state index is 12.7. The number of nitrogens with zero attached hydrogens (tertiary/aromatic N) is 1. The first-order valence-corrected chi connectivity index (χ1v) is 6.66. The quantitative estimate of drug-likeness (QED) is 0.833. The van der Waals surface area contributed by atoms with Crippen LogP contribution in [0, 0.1) is 5.41 Å². The Morgan fingerprint density at radius 1 is 1.42 bits per heavy atom. The van der Waals surface area contributed by atoms with Gasteiger partial charge in [0.25, 0.3) is 5.91 Å². The first kappa shape index (κ1) is 13.7. The van der Waals surface area contributed by atoms with Crippen molar-refractivity contribution in [2.24, 2.45) is 5.41 Å². The Morgan fingerprint density at radius 3 is 2.79 bits per heavy atom. The van der Waals surface area contributed by atoms with Gasteiger partial charge >= 0.3 is 0 Å². The number of likely N-dealkylation sites (tertiary alicyclic amines) is 1. The molecule has 1 aliphatic heterocycles. The molecule has 1 heterocycles. The van der Waals surface area contributed by atoms with Crippen LogP contribution in [0.2, 0.25) is 0 Å². The van der Waals surface area contributed by atoms with Crippen molar-refractivity contribution in [3.8, 4) is 5.75 Å². The van der Waals surface area contributed by atoms with E-state index in [1.807, 2.05) is 4.90 Å². The maximum absolute atomic E-state index is 12.7. The monoisotopic (exact) mass is 262 g/mol. The highest BCUT2D eigenvalue weighted by molar-refractivity contribution is 6.02. The van der Waals surface area contributed by atoms with Crippen LogP contribution in [-0.4, -0.2) is 31.0 Å². The fourth-order valence-corrected chi connectivity index (χ4v) is 2.70. The molecule has 0 bridgehead atoms. The smallest absolute Gasteiger partial charge is 0.259 e. The fraction of sp³-hybridized carbons (Fsp3) is 0.533. The van der Waals surface area contributed by atoms with Gasteiger partial charge in [0.2, 0.25) is 0 Å². The molecule has 1 aromatic rings. The molecule has 1 fully saturated rings. The van der Waals surface area contributed by atoms with E-state index >= 15 is 0 Å². The minimum absolute atomic E-state index is 0.0253. The number of anilines is 1. The van der Waals surface area contributed by atoms with E-state index < -0.39 is 0 Å². The predicted octanol–water partition coefficient (Wildman–Crippen LogP) is 2.54. The minimum Gasteiger partial charge on any atom is -0.496 e. The molecule has 4 nitrogen and oxygen atoms in total. The number of rotatable bonds is 2. The van der Waals surface area contributed by atoms with Gasteiger partial charge in [-0.3, -0.25) is 4.79 Å². The summed E-state index contributed by atoms with van der Waals surface area (Å²) in [6.45, 7) is 5.94. The lowest BCUT2D eigenvalue weighted by atomic mass is 9.84. The van der Waals surface area contributed by atoms with E-state index in [4.69, 9.17) is 10.5 Å². The predicted molar refractivity (Wildman–Crippen MR) is 76.3 cm³/mol. The second kappa shape index (κ2) is 5.11.